The van der Waals surface area contributed by atoms with Gasteiger partial charge in [0.2, 0.25) is 11.8 Å². The number of aromatic hydroxyl groups is 1. The number of fused-ring (bicyclic) bond motifs is 4. The molecule has 2 saturated heterocycles. The average molecular weight is 634 g/mol. The molecule has 8 heteroatoms. The number of allylic oxidation sites excluding steroid dienone is 1. The number of hydrogen-bond donors (Lipinski definition) is 2. The van der Waals surface area contributed by atoms with E-state index in [9.17, 15) is 19.7 Å². The summed E-state index contributed by atoms with van der Waals surface area (Å²) in [6.07, 6.45) is 9.79. The molecule has 3 aromatic rings. The average Bonchev–Trinajstić information content (AvgIpc) is 3.35. The molecule has 3 fully saturated rings. The van der Waals surface area contributed by atoms with E-state index in [1.807, 2.05) is 60.7 Å². The normalized spacial score (nSPS) is 25.4. The predicted molar refractivity (Wildman–Crippen MR) is 184 cm³/mol. The summed E-state index contributed by atoms with van der Waals surface area (Å²) >= 11 is 0. The van der Waals surface area contributed by atoms with Crippen LogP contribution < -0.4 is 4.74 Å². The van der Waals surface area contributed by atoms with Crippen LogP contribution in [0, 0.1) is 17.8 Å². The number of carbonyl (C=O) groups is 2. The molecular weight excluding hydrogens is 589 g/mol. The molecule has 2 amide bonds. The molecule has 1 saturated carbocycles. The molecular formula is C39H44BNO6. The van der Waals surface area contributed by atoms with Crippen LogP contribution in [0.1, 0.15) is 70.3 Å². The van der Waals surface area contributed by atoms with Crippen LogP contribution in [0.3, 0.4) is 0 Å². The lowest BCUT2D eigenvalue weighted by atomic mass is 9.58. The summed E-state index contributed by atoms with van der Waals surface area (Å²) in [7, 11) is -1.01. The lowest BCUT2D eigenvalue weighted by Gasteiger charge is -2.43. The number of phenols is 1. The van der Waals surface area contributed by atoms with Crippen LogP contribution >= 0.6 is 0 Å². The molecule has 47 heavy (non-hydrogen) atoms. The Balaban J connectivity index is 1.20. The van der Waals surface area contributed by atoms with Crippen molar-refractivity contribution in [3.63, 3.8) is 0 Å². The lowest BCUT2D eigenvalue weighted by molar-refractivity contribution is -0.143. The molecule has 2 aliphatic carbocycles. The summed E-state index contributed by atoms with van der Waals surface area (Å²) in [5.41, 5.74) is 4.35. The van der Waals surface area contributed by atoms with Crippen LogP contribution in [0.15, 0.2) is 83.4 Å². The minimum Gasteiger partial charge on any atom is -0.507 e. The van der Waals surface area contributed by atoms with Crippen molar-refractivity contribution in [3.8, 4) is 11.5 Å². The highest BCUT2D eigenvalue weighted by molar-refractivity contribution is 6.43. The monoisotopic (exact) mass is 633 g/mol. The molecule has 244 valence electrons. The molecule has 0 aromatic heterocycles. The van der Waals surface area contributed by atoms with Gasteiger partial charge >= 0.3 is 7.12 Å². The third kappa shape index (κ3) is 6.26. The second-order valence-electron chi connectivity index (χ2n) is 13.7. The first-order valence-electron chi connectivity index (χ1n) is 17.4. The molecule has 7 rings (SSSR count). The van der Waals surface area contributed by atoms with Gasteiger partial charge in [0, 0.05) is 11.4 Å². The summed E-state index contributed by atoms with van der Waals surface area (Å²) in [6.45, 7) is 2.45. The molecule has 3 aromatic carbocycles. The van der Waals surface area contributed by atoms with E-state index < -0.39 is 25.1 Å². The van der Waals surface area contributed by atoms with Gasteiger partial charge < -0.3 is 19.5 Å². The van der Waals surface area contributed by atoms with Gasteiger partial charge in [-0.3, -0.25) is 14.5 Å². The minimum atomic E-state index is -1.01. The first-order valence-corrected chi connectivity index (χ1v) is 17.4. The third-order valence-corrected chi connectivity index (χ3v) is 10.9. The van der Waals surface area contributed by atoms with Crippen LogP contribution in [0.5, 0.6) is 11.5 Å². The van der Waals surface area contributed by atoms with Gasteiger partial charge in [0.15, 0.2) is 0 Å². The maximum absolute atomic E-state index is 14.2. The second-order valence-corrected chi connectivity index (χ2v) is 13.7. The van der Waals surface area contributed by atoms with Gasteiger partial charge in [-0.1, -0.05) is 86.4 Å². The number of nitrogens with zero attached hydrogens (tertiary/aromatic N) is 1. The van der Waals surface area contributed by atoms with E-state index in [4.69, 9.17) is 9.39 Å². The molecule has 0 spiro atoms. The van der Waals surface area contributed by atoms with Gasteiger partial charge in [-0.15, -0.1) is 0 Å². The van der Waals surface area contributed by atoms with Gasteiger partial charge in [-0.2, -0.15) is 0 Å². The minimum absolute atomic E-state index is 0.0180. The van der Waals surface area contributed by atoms with E-state index in [1.54, 1.807) is 11.0 Å². The van der Waals surface area contributed by atoms with Gasteiger partial charge in [-0.05, 0) is 91.1 Å². The van der Waals surface area contributed by atoms with E-state index in [2.05, 4.69) is 13.0 Å². The number of hydrogen-bond acceptors (Lipinski definition) is 6. The van der Waals surface area contributed by atoms with Gasteiger partial charge in [-0.25, -0.2) is 0 Å². The van der Waals surface area contributed by atoms with E-state index in [0.717, 1.165) is 78.2 Å². The van der Waals surface area contributed by atoms with Crippen molar-refractivity contribution in [1.82, 2.24) is 4.90 Å². The molecule has 0 unspecified atom stereocenters. The summed E-state index contributed by atoms with van der Waals surface area (Å²) in [5, 5.41) is 23.3. The number of likely N-dealkylation sites (tertiary alicyclic amines) is 1. The molecule has 7 nitrogen and oxygen atoms in total. The fourth-order valence-electron chi connectivity index (χ4n) is 8.63. The van der Waals surface area contributed by atoms with Gasteiger partial charge in [0.25, 0.3) is 0 Å². The van der Waals surface area contributed by atoms with Crippen LogP contribution in [0.2, 0.25) is 6.32 Å². The molecule has 4 atom stereocenters. The summed E-state index contributed by atoms with van der Waals surface area (Å²) in [6, 6.07) is 21.2. The van der Waals surface area contributed by atoms with E-state index in [-0.39, 0.29) is 29.5 Å². The topological polar surface area (TPSA) is 96.3 Å². The Morgan fingerprint density at radius 3 is 2.47 bits per heavy atom. The number of amides is 2. The summed E-state index contributed by atoms with van der Waals surface area (Å²) < 4.78 is 12.6. The van der Waals surface area contributed by atoms with Crippen molar-refractivity contribution in [1.29, 1.82) is 0 Å². The number of phenolic OH excluding ortho intramolecular Hbond substituents is 1. The Kier molecular flexibility index (Phi) is 9.24. The van der Waals surface area contributed by atoms with Gasteiger partial charge in [0.1, 0.15) is 18.1 Å². The van der Waals surface area contributed by atoms with E-state index in [0.29, 0.717) is 25.8 Å². The van der Waals surface area contributed by atoms with Crippen molar-refractivity contribution in [2.45, 2.75) is 83.2 Å². The molecule has 2 aliphatic heterocycles. The SMILES string of the molecule is CC/C(=C\c1ccc(O)c2ccccc12)CC[C@H]1OB(O)C[C@H]2C1=C(COc1ccccc1)C[C@H]1C(=O)N(C3CCCCC3)C(=O)[C@H]12. The zero-order valence-corrected chi connectivity index (χ0v) is 27.1. The fraction of sp³-hybridized carbons (Fsp3) is 0.436. The number of benzene rings is 3. The smallest absolute Gasteiger partial charge is 0.455 e. The van der Waals surface area contributed by atoms with E-state index >= 15 is 0 Å². The van der Waals surface area contributed by atoms with Crippen molar-refractivity contribution in [3.05, 3.63) is 89.0 Å². The maximum Gasteiger partial charge on any atom is 0.455 e. The van der Waals surface area contributed by atoms with E-state index in [1.165, 1.54) is 5.57 Å². The predicted octanol–water partition coefficient (Wildman–Crippen LogP) is 7.33. The highest BCUT2D eigenvalue weighted by Crippen LogP contribution is 2.51. The highest BCUT2D eigenvalue weighted by atomic mass is 16.5. The molecule has 2 N–H and O–H groups in total. The van der Waals surface area contributed by atoms with Crippen LogP contribution in [-0.4, -0.2) is 52.7 Å². The highest BCUT2D eigenvalue weighted by Gasteiger charge is 2.58. The Labute approximate surface area is 277 Å². The Hall–Kier alpha value is -3.88. The second kappa shape index (κ2) is 13.7. The summed E-state index contributed by atoms with van der Waals surface area (Å²) in [5.74, 6) is -0.240. The molecule has 2 heterocycles. The largest absolute Gasteiger partial charge is 0.507 e. The third-order valence-electron chi connectivity index (χ3n) is 10.9. The number of imide groups is 1. The Morgan fingerprint density at radius 1 is 0.957 bits per heavy atom. The van der Waals surface area contributed by atoms with Crippen molar-refractivity contribution >= 4 is 35.8 Å². The fourth-order valence-corrected chi connectivity index (χ4v) is 8.63. The molecule has 0 radical (unpaired) electrons. The zero-order valence-electron chi connectivity index (χ0n) is 27.1. The van der Waals surface area contributed by atoms with Gasteiger partial charge in [0.05, 0.1) is 17.9 Å². The summed E-state index contributed by atoms with van der Waals surface area (Å²) in [4.78, 5) is 29.7. The number of para-hydroxylation sites is 1. The number of carbonyl (C=O) groups excluding carboxylic acids is 2. The standard InChI is InChI=1S/C39H44BNO6/c1-2-25(21-26-18-19-34(42)31-16-10-9-15-30(26)31)17-20-35-36-27(24-46-29-13-7-4-8-14-29)22-32-37(33(36)23-40(45)47-35)39(44)41(38(32)43)28-11-5-3-6-12-28/h4,7-10,13-16,18-19,21,28,32-33,35,37,42,45H,2-3,5-6,11-12,17,20,22-24H2,1H3/b25-21+/t32-,33+,35-,37-/m1/s1. The lowest BCUT2D eigenvalue weighted by Crippen LogP contribution is -2.47. The zero-order chi connectivity index (χ0) is 32.5. The van der Waals surface area contributed by atoms with Crippen molar-refractivity contribution < 1.29 is 29.1 Å². The van der Waals surface area contributed by atoms with Crippen molar-refractivity contribution in [2.75, 3.05) is 6.61 Å². The number of rotatable bonds is 9. The quantitative estimate of drug-likeness (QED) is 0.146. The molecule has 4 aliphatic rings. The Bertz CT molecular complexity index is 1700. The van der Waals surface area contributed by atoms with Crippen LogP contribution in [0.25, 0.3) is 16.8 Å². The Morgan fingerprint density at radius 2 is 1.70 bits per heavy atom. The first kappa shape index (κ1) is 31.7. The van der Waals surface area contributed by atoms with Crippen LogP contribution in [-0.2, 0) is 14.2 Å². The maximum atomic E-state index is 14.2. The van der Waals surface area contributed by atoms with Crippen molar-refractivity contribution in [2.24, 2.45) is 17.8 Å². The first-order chi connectivity index (χ1) is 22.9. The molecule has 0 bridgehead atoms. The number of ether oxygens (including phenoxy) is 1. The van der Waals surface area contributed by atoms with Crippen LogP contribution in [0.4, 0.5) is 0 Å².